The molecular weight excluding hydrogens is 317 g/mol. The van der Waals surface area contributed by atoms with Crippen LogP contribution in [0.1, 0.15) is 22.2 Å². The first-order valence-electron chi connectivity index (χ1n) is 5.89. The highest BCUT2D eigenvalue weighted by Gasteiger charge is 2.15. The number of carbonyl (C=O) groups excluding carboxylic acids is 1. The Morgan fingerprint density at radius 3 is 2.67 bits per heavy atom. The predicted molar refractivity (Wildman–Crippen MR) is 78.4 cm³/mol. The molecule has 1 heterocycles. The minimum absolute atomic E-state index is 0.0657. The lowest BCUT2D eigenvalue weighted by Gasteiger charge is -2.14. The molecule has 8 heteroatoms. The van der Waals surface area contributed by atoms with Gasteiger partial charge in [0.2, 0.25) is 0 Å². The van der Waals surface area contributed by atoms with Gasteiger partial charge in [0.1, 0.15) is 11.8 Å². The number of hydrogen-bond donors (Lipinski definition) is 2. The maximum Gasteiger partial charge on any atom is 0.269 e. The van der Waals surface area contributed by atoms with Crippen molar-refractivity contribution in [3.63, 3.8) is 0 Å². The summed E-state index contributed by atoms with van der Waals surface area (Å²) in [6.45, 7) is -0.165. The summed E-state index contributed by atoms with van der Waals surface area (Å²) in [4.78, 5) is 22.7. The highest BCUT2D eigenvalue weighted by molar-refractivity contribution is 6.35. The lowest BCUT2D eigenvalue weighted by atomic mass is 10.1. The van der Waals surface area contributed by atoms with Gasteiger partial charge in [-0.15, -0.1) is 0 Å². The summed E-state index contributed by atoms with van der Waals surface area (Å²) >= 11 is 11.8. The van der Waals surface area contributed by atoms with E-state index in [1.54, 1.807) is 12.1 Å². The number of aliphatic hydroxyl groups excluding tert-OH is 1. The van der Waals surface area contributed by atoms with Crippen molar-refractivity contribution in [2.24, 2.45) is 5.73 Å². The van der Waals surface area contributed by atoms with Crippen molar-refractivity contribution >= 4 is 29.1 Å². The molecule has 2 aromatic rings. The lowest BCUT2D eigenvalue weighted by molar-refractivity contribution is 0.0989. The number of aliphatic hydroxyl groups is 1. The van der Waals surface area contributed by atoms with E-state index in [2.05, 4.69) is 5.10 Å². The molecule has 2 rings (SSSR count). The number of nitrogens with zero attached hydrogens (tertiary/aromatic N) is 2. The van der Waals surface area contributed by atoms with Gasteiger partial charge < -0.3 is 10.8 Å². The molecule has 0 bridgehead atoms. The van der Waals surface area contributed by atoms with E-state index in [0.717, 1.165) is 10.7 Å². The van der Waals surface area contributed by atoms with E-state index >= 15 is 0 Å². The Labute approximate surface area is 129 Å². The Bertz CT molecular complexity index is 746. The summed E-state index contributed by atoms with van der Waals surface area (Å²) in [5.41, 5.74) is 4.97. The molecule has 0 fully saturated rings. The van der Waals surface area contributed by atoms with Gasteiger partial charge in [-0.05, 0) is 18.2 Å². The average molecular weight is 328 g/mol. The minimum Gasteiger partial charge on any atom is -0.386 e. The molecule has 21 heavy (non-hydrogen) atoms. The topological polar surface area (TPSA) is 98.2 Å². The number of halogens is 2. The molecule has 1 aromatic carbocycles. The van der Waals surface area contributed by atoms with E-state index in [0.29, 0.717) is 10.6 Å². The van der Waals surface area contributed by atoms with Crippen molar-refractivity contribution in [1.82, 2.24) is 9.78 Å². The summed E-state index contributed by atoms with van der Waals surface area (Å²) in [6, 6.07) is 6.99. The quantitative estimate of drug-likeness (QED) is 0.886. The molecule has 0 aliphatic carbocycles. The van der Waals surface area contributed by atoms with E-state index in [4.69, 9.17) is 28.9 Å². The van der Waals surface area contributed by atoms with Crippen LogP contribution in [0.25, 0.3) is 0 Å². The molecule has 1 unspecified atom stereocenters. The van der Waals surface area contributed by atoms with E-state index < -0.39 is 17.6 Å². The predicted octanol–water partition coefficient (Wildman–Crippen LogP) is 1.38. The van der Waals surface area contributed by atoms with Crippen LogP contribution in [0.15, 0.2) is 35.1 Å². The van der Waals surface area contributed by atoms with Gasteiger partial charge in [-0.2, -0.15) is 5.10 Å². The zero-order chi connectivity index (χ0) is 15.6. The van der Waals surface area contributed by atoms with Crippen molar-refractivity contribution in [2.75, 3.05) is 0 Å². The third-order valence-electron chi connectivity index (χ3n) is 2.79. The molecule has 0 aliphatic heterocycles. The van der Waals surface area contributed by atoms with Crippen molar-refractivity contribution in [3.8, 4) is 0 Å². The summed E-state index contributed by atoms with van der Waals surface area (Å²) in [5.74, 6) is -0.761. The number of hydrogen-bond acceptors (Lipinski definition) is 4. The Morgan fingerprint density at radius 2 is 2.05 bits per heavy atom. The van der Waals surface area contributed by atoms with E-state index in [9.17, 15) is 14.7 Å². The van der Waals surface area contributed by atoms with Crippen LogP contribution in [0.2, 0.25) is 10.0 Å². The van der Waals surface area contributed by atoms with Gasteiger partial charge in [-0.3, -0.25) is 9.59 Å². The molecule has 3 N–H and O–H groups in total. The second-order valence-corrected chi connectivity index (χ2v) is 5.13. The zero-order valence-corrected chi connectivity index (χ0v) is 12.2. The Balaban J connectivity index is 2.31. The number of benzene rings is 1. The van der Waals surface area contributed by atoms with Gasteiger partial charge in [0.25, 0.3) is 11.5 Å². The Kier molecular flexibility index (Phi) is 4.62. The third kappa shape index (κ3) is 3.60. The fraction of sp³-hybridized carbons (Fsp3) is 0.154. The number of primary amides is 1. The first kappa shape index (κ1) is 15.5. The smallest absolute Gasteiger partial charge is 0.269 e. The van der Waals surface area contributed by atoms with Gasteiger partial charge in [-0.1, -0.05) is 29.3 Å². The number of nitrogens with two attached hydrogens (primary N) is 1. The third-order valence-corrected chi connectivity index (χ3v) is 3.35. The van der Waals surface area contributed by atoms with E-state index in [-0.39, 0.29) is 17.3 Å². The first-order chi connectivity index (χ1) is 9.88. The van der Waals surface area contributed by atoms with Crippen LogP contribution < -0.4 is 11.3 Å². The first-order valence-corrected chi connectivity index (χ1v) is 6.65. The van der Waals surface area contributed by atoms with Crippen molar-refractivity contribution < 1.29 is 9.90 Å². The van der Waals surface area contributed by atoms with Crippen molar-refractivity contribution in [1.29, 1.82) is 0 Å². The number of amides is 1. The van der Waals surface area contributed by atoms with Gasteiger partial charge >= 0.3 is 0 Å². The van der Waals surface area contributed by atoms with Crippen LogP contribution >= 0.6 is 23.2 Å². The van der Waals surface area contributed by atoms with E-state index in [1.165, 1.54) is 12.1 Å². The highest BCUT2D eigenvalue weighted by Crippen LogP contribution is 2.26. The summed E-state index contributed by atoms with van der Waals surface area (Å²) in [6.07, 6.45) is -1.08. The van der Waals surface area contributed by atoms with Crippen LogP contribution in [0.4, 0.5) is 0 Å². The average Bonchev–Trinajstić information content (AvgIpc) is 2.40. The van der Waals surface area contributed by atoms with E-state index in [1.807, 2.05) is 0 Å². The Morgan fingerprint density at radius 1 is 1.33 bits per heavy atom. The second kappa shape index (κ2) is 6.26. The lowest BCUT2D eigenvalue weighted by Crippen LogP contribution is -2.28. The standard InChI is InChI=1S/C13H11Cl2N3O3/c14-7-1-2-8(9(15)5-7)11(19)6-18-12(20)4-3-10(17-18)13(16)21/h1-5,11,19H,6H2,(H2,16,21). The minimum atomic E-state index is -1.08. The zero-order valence-electron chi connectivity index (χ0n) is 10.7. The molecular formula is C13H11Cl2N3O3. The normalized spacial score (nSPS) is 12.1. The fourth-order valence-electron chi connectivity index (χ4n) is 1.75. The number of carbonyl (C=O) groups is 1. The molecule has 6 nitrogen and oxygen atoms in total. The van der Waals surface area contributed by atoms with Gasteiger partial charge in [0.15, 0.2) is 0 Å². The van der Waals surface area contributed by atoms with Crippen LogP contribution in [-0.4, -0.2) is 20.8 Å². The number of rotatable bonds is 4. The molecule has 110 valence electrons. The molecule has 1 aromatic heterocycles. The molecule has 1 atom stereocenters. The van der Waals surface area contributed by atoms with Crippen molar-refractivity contribution in [3.05, 3.63) is 62.0 Å². The van der Waals surface area contributed by atoms with Crippen LogP contribution in [-0.2, 0) is 6.54 Å². The van der Waals surface area contributed by atoms with Crippen LogP contribution in [0.3, 0.4) is 0 Å². The Hall–Kier alpha value is -1.89. The van der Waals surface area contributed by atoms with Crippen LogP contribution in [0, 0.1) is 0 Å². The molecule has 0 spiro atoms. The van der Waals surface area contributed by atoms with Gasteiger partial charge in [-0.25, -0.2) is 4.68 Å². The monoisotopic (exact) mass is 327 g/mol. The molecule has 0 saturated carbocycles. The molecule has 0 radical (unpaired) electrons. The van der Waals surface area contributed by atoms with Gasteiger partial charge in [0, 0.05) is 21.7 Å². The summed E-state index contributed by atoms with van der Waals surface area (Å²) in [7, 11) is 0. The van der Waals surface area contributed by atoms with Crippen LogP contribution in [0.5, 0.6) is 0 Å². The summed E-state index contributed by atoms with van der Waals surface area (Å²) in [5, 5.41) is 14.6. The molecule has 0 saturated heterocycles. The SMILES string of the molecule is NC(=O)c1ccc(=O)n(CC(O)c2ccc(Cl)cc2Cl)n1. The fourth-order valence-corrected chi connectivity index (χ4v) is 2.28. The van der Waals surface area contributed by atoms with Gasteiger partial charge in [0.05, 0.1) is 6.54 Å². The number of aromatic nitrogens is 2. The maximum atomic E-state index is 11.7. The van der Waals surface area contributed by atoms with Crippen molar-refractivity contribution in [2.45, 2.75) is 12.6 Å². The molecule has 0 aliphatic rings. The maximum absolute atomic E-state index is 11.7. The molecule has 1 amide bonds. The second-order valence-electron chi connectivity index (χ2n) is 4.28. The highest BCUT2D eigenvalue weighted by atomic mass is 35.5. The summed E-state index contributed by atoms with van der Waals surface area (Å²) < 4.78 is 0.954. The largest absolute Gasteiger partial charge is 0.386 e.